The topological polar surface area (TPSA) is 26.3 Å². The van der Waals surface area contributed by atoms with Crippen LogP contribution in [0.5, 0.6) is 5.75 Å². The molecular weight excluding hydrogens is 235 g/mol. The van der Waals surface area contributed by atoms with Crippen LogP contribution in [-0.2, 0) is 0 Å². The molecule has 0 spiro atoms. The second-order valence-corrected chi connectivity index (χ2v) is 3.98. The van der Waals surface area contributed by atoms with Gasteiger partial charge in [0.1, 0.15) is 5.75 Å². The Balaban J connectivity index is 0.00000162. The third kappa shape index (κ3) is 3.45. The van der Waals surface area contributed by atoms with E-state index in [1.54, 1.807) is 12.1 Å². The number of benzene rings is 2. The van der Waals surface area contributed by atoms with Crippen molar-refractivity contribution in [3.05, 3.63) is 65.2 Å². The number of hydrogen-bond acceptors (Lipinski definition) is 2. The van der Waals surface area contributed by atoms with Gasteiger partial charge in [-0.05, 0) is 37.1 Å². The van der Waals surface area contributed by atoms with Gasteiger partial charge in [0.15, 0.2) is 0 Å². The van der Waals surface area contributed by atoms with Crippen LogP contribution in [-0.4, -0.2) is 35.5 Å². The van der Waals surface area contributed by atoms with Crippen LogP contribution < -0.4 is 4.74 Å². The standard InChI is InChI=1S/C15H14O2.Na.H/c1-11-7-6-8-12(2)14(11)17-15(16)13-9-4-3-5-10-13;;/h3-10H,1-2H3;;. The van der Waals surface area contributed by atoms with Gasteiger partial charge in [-0.3, -0.25) is 0 Å². The van der Waals surface area contributed by atoms with Crippen molar-refractivity contribution in [2.45, 2.75) is 13.8 Å². The molecule has 0 unspecified atom stereocenters. The zero-order chi connectivity index (χ0) is 12.3. The first-order valence-corrected chi connectivity index (χ1v) is 5.52. The molecule has 0 heterocycles. The number of aryl methyl sites for hydroxylation is 2. The Labute approximate surface area is 129 Å². The predicted molar refractivity (Wildman–Crippen MR) is 74.5 cm³/mol. The van der Waals surface area contributed by atoms with E-state index in [1.807, 2.05) is 50.2 Å². The fourth-order valence-electron chi connectivity index (χ4n) is 1.69. The molecule has 3 heteroatoms. The number of esters is 1. The Morgan fingerprint density at radius 1 is 0.889 bits per heavy atom. The van der Waals surface area contributed by atoms with Crippen molar-refractivity contribution >= 4 is 35.5 Å². The maximum atomic E-state index is 11.9. The van der Waals surface area contributed by atoms with Crippen LogP contribution in [0.25, 0.3) is 0 Å². The van der Waals surface area contributed by atoms with Crippen molar-refractivity contribution in [2.24, 2.45) is 0 Å². The molecule has 0 bridgehead atoms. The Kier molecular flexibility index (Phi) is 5.60. The number of rotatable bonds is 2. The average Bonchev–Trinajstić information content (AvgIpc) is 2.35. The van der Waals surface area contributed by atoms with Crippen molar-refractivity contribution in [3.8, 4) is 5.75 Å². The fourth-order valence-corrected chi connectivity index (χ4v) is 1.69. The van der Waals surface area contributed by atoms with E-state index < -0.39 is 0 Å². The van der Waals surface area contributed by atoms with E-state index in [0.717, 1.165) is 11.1 Å². The molecule has 88 valence electrons. The van der Waals surface area contributed by atoms with Gasteiger partial charge in [-0.2, -0.15) is 0 Å². The minimum atomic E-state index is -0.317. The van der Waals surface area contributed by atoms with Gasteiger partial charge in [-0.25, -0.2) is 4.79 Å². The van der Waals surface area contributed by atoms with Gasteiger partial charge >= 0.3 is 35.5 Å². The van der Waals surface area contributed by atoms with Crippen molar-refractivity contribution in [1.82, 2.24) is 0 Å². The summed E-state index contributed by atoms with van der Waals surface area (Å²) in [6, 6.07) is 14.8. The van der Waals surface area contributed by atoms with E-state index in [0.29, 0.717) is 11.3 Å². The van der Waals surface area contributed by atoms with Gasteiger partial charge in [0.05, 0.1) is 5.56 Å². The molecule has 0 saturated carbocycles. The first-order chi connectivity index (χ1) is 8.18. The molecule has 0 aromatic heterocycles. The van der Waals surface area contributed by atoms with E-state index in [9.17, 15) is 4.79 Å². The molecule has 0 amide bonds. The summed E-state index contributed by atoms with van der Waals surface area (Å²) in [5.41, 5.74) is 2.50. The number of para-hydroxylation sites is 1. The van der Waals surface area contributed by atoms with Crippen LogP contribution in [0.2, 0.25) is 0 Å². The number of carbonyl (C=O) groups excluding carboxylic acids is 1. The molecule has 2 aromatic rings. The van der Waals surface area contributed by atoms with Crippen LogP contribution >= 0.6 is 0 Å². The summed E-state index contributed by atoms with van der Waals surface area (Å²) in [6.45, 7) is 3.86. The summed E-state index contributed by atoms with van der Waals surface area (Å²) in [5.74, 6) is 0.337. The van der Waals surface area contributed by atoms with E-state index in [-0.39, 0.29) is 35.5 Å². The van der Waals surface area contributed by atoms with Crippen LogP contribution in [0.4, 0.5) is 0 Å². The van der Waals surface area contributed by atoms with Crippen molar-refractivity contribution in [1.29, 1.82) is 0 Å². The zero-order valence-electron chi connectivity index (χ0n) is 9.94. The quantitative estimate of drug-likeness (QED) is 0.465. The van der Waals surface area contributed by atoms with Crippen molar-refractivity contribution in [2.75, 3.05) is 0 Å². The van der Waals surface area contributed by atoms with E-state index in [1.165, 1.54) is 0 Å². The summed E-state index contributed by atoms with van der Waals surface area (Å²) < 4.78 is 5.42. The summed E-state index contributed by atoms with van der Waals surface area (Å²) in [7, 11) is 0. The Morgan fingerprint density at radius 3 is 2.00 bits per heavy atom. The summed E-state index contributed by atoms with van der Waals surface area (Å²) in [6.07, 6.45) is 0. The molecule has 0 fully saturated rings. The zero-order valence-corrected chi connectivity index (χ0v) is 9.94. The second-order valence-electron chi connectivity index (χ2n) is 3.98. The molecule has 0 saturated heterocycles. The van der Waals surface area contributed by atoms with Gasteiger partial charge in [0.2, 0.25) is 0 Å². The summed E-state index contributed by atoms with van der Waals surface area (Å²) >= 11 is 0. The van der Waals surface area contributed by atoms with Crippen molar-refractivity contribution in [3.63, 3.8) is 0 Å². The number of carbonyl (C=O) groups is 1. The Hall–Kier alpha value is -1.09. The van der Waals surface area contributed by atoms with E-state index in [2.05, 4.69) is 0 Å². The van der Waals surface area contributed by atoms with Gasteiger partial charge < -0.3 is 4.74 Å². The summed E-state index contributed by atoms with van der Waals surface area (Å²) in [5, 5.41) is 0. The molecule has 0 aliphatic rings. The third-order valence-corrected chi connectivity index (χ3v) is 2.61. The number of ether oxygens (including phenoxy) is 1. The number of hydrogen-bond donors (Lipinski definition) is 0. The second kappa shape index (κ2) is 6.74. The Morgan fingerprint density at radius 2 is 1.44 bits per heavy atom. The maximum absolute atomic E-state index is 11.9. The van der Waals surface area contributed by atoms with Crippen LogP contribution in [0, 0.1) is 13.8 Å². The van der Waals surface area contributed by atoms with E-state index >= 15 is 0 Å². The molecule has 18 heavy (non-hydrogen) atoms. The van der Waals surface area contributed by atoms with Crippen LogP contribution in [0.3, 0.4) is 0 Å². The van der Waals surface area contributed by atoms with E-state index in [4.69, 9.17) is 4.74 Å². The molecular formula is C15H15NaO2. The normalized spacial score (nSPS) is 9.44. The SMILES string of the molecule is Cc1cccc(C)c1OC(=O)c1ccccc1.[NaH]. The summed E-state index contributed by atoms with van der Waals surface area (Å²) in [4.78, 5) is 11.9. The molecule has 0 aliphatic carbocycles. The molecule has 0 atom stereocenters. The molecule has 0 N–H and O–H groups in total. The molecule has 2 nitrogen and oxygen atoms in total. The van der Waals surface area contributed by atoms with Gasteiger partial charge in [-0.15, -0.1) is 0 Å². The molecule has 2 aromatic carbocycles. The van der Waals surface area contributed by atoms with Crippen molar-refractivity contribution < 1.29 is 9.53 Å². The van der Waals surface area contributed by atoms with Gasteiger partial charge in [0, 0.05) is 0 Å². The predicted octanol–water partition coefficient (Wildman–Crippen LogP) is 2.87. The fraction of sp³-hybridized carbons (Fsp3) is 0.133. The minimum absolute atomic E-state index is 0. The average molecular weight is 250 g/mol. The molecule has 0 radical (unpaired) electrons. The Bertz CT molecular complexity index is 515. The molecule has 0 aliphatic heterocycles. The van der Waals surface area contributed by atoms with Gasteiger partial charge in [0.25, 0.3) is 0 Å². The van der Waals surface area contributed by atoms with Crippen LogP contribution in [0.1, 0.15) is 21.5 Å². The first kappa shape index (κ1) is 15.0. The first-order valence-electron chi connectivity index (χ1n) is 5.52. The van der Waals surface area contributed by atoms with Crippen LogP contribution in [0.15, 0.2) is 48.5 Å². The molecule has 2 rings (SSSR count). The monoisotopic (exact) mass is 250 g/mol. The third-order valence-electron chi connectivity index (χ3n) is 2.61. The van der Waals surface area contributed by atoms with Gasteiger partial charge in [-0.1, -0.05) is 36.4 Å².